The van der Waals surface area contributed by atoms with Crippen molar-refractivity contribution in [2.24, 2.45) is 0 Å². The highest BCUT2D eigenvalue weighted by Crippen LogP contribution is 2.35. The maximum atomic E-state index is 6.36. The predicted octanol–water partition coefficient (Wildman–Crippen LogP) is 4.72. The summed E-state index contributed by atoms with van der Waals surface area (Å²) < 4.78 is 6.91. The third-order valence-electron chi connectivity index (χ3n) is 2.85. The molecule has 1 heterocycles. The number of rotatable bonds is 3. The van der Waals surface area contributed by atoms with E-state index in [4.69, 9.17) is 22.1 Å². The molecule has 0 unspecified atom stereocenters. The number of ether oxygens (including phenoxy) is 1. The Kier molecular flexibility index (Phi) is 3.32. The molecule has 0 spiro atoms. The van der Waals surface area contributed by atoms with Crippen LogP contribution in [0.15, 0.2) is 48.5 Å². The van der Waals surface area contributed by atoms with Crippen molar-refractivity contribution in [3.8, 4) is 5.75 Å². The molecule has 0 aliphatic carbocycles. The molecule has 4 heteroatoms. The van der Waals surface area contributed by atoms with Gasteiger partial charge in [0, 0.05) is 15.8 Å². The van der Waals surface area contributed by atoms with Crippen LogP contribution in [0.5, 0.6) is 5.75 Å². The van der Waals surface area contributed by atoms with Gasteiger partial charge in [0.1, 0.15) is 12.4 Å². The summed E-state index contributed by atoms with van der Waals surface area (Å²) in [5, 5.41) is 1.88. The first kappa shape index (κ1) is 12.3. The molecule has 3 aromatic rings. The largest absolute Gasteiger partial charge is 0.488 e. The van der Waals surface area contributed by atoms with Crippen molar-refractivity contribution in [2.75, 3.05) is 5.73 Å². The van der Waals surface area contributed by atoms with E-state index in [1.165, 1.54) is 4.70 Å². The van der Waals surface area contributed by atoms with Gasteiger partial charge in [0.05, 0.1) is 9.90 Å². The molecule has 0 amide bonds. The lowest BCUT2D eigenvalue weighted by molar-refractivity contribution is 0.310. The van der Waals surface area contributed by atoms with Gasteiger partial charge >= 0.3 is 0 Å². The van der Waals surface area contributed by atoms with Crippen LogP contribution in [0, 0.1) is 0 Å². The fraction of sp³-hybridized carbons (Fsp3) is 0.0667. The van der Waals surface area contributed by atoms with E-state index >= 15 is 0 Å². The number of hydrogen-bond donors (Lipinski definition) is 1. The molecule has 0 aliphatic heterocycles. The van der Waals surface area contributed by atoms with Crippen LogP contribution < -0.4 is 10.5 Å². The first-order valence-electron chi connectivity index (χ1n) is 5.88. The number of nitrogens with two attached hydrogens (primary N) is 1. The number of benzene rings is 2. The van der Waals surface area contributed by atoms with Crippen molar-refractivity contribution in [3.63, 3.8) is 0 Å². The summed E-state index contributed by atoms with van der Waals surface area (Å²) in [5.41, 5.74) is 6.36. The second-order valence-electron chi connectivity index (χ2n) is 4.19. The Morgan fingerprint density at radius 1 is 1.05 bits per heavy atom. The average molecular weight is 290 g/mol. The molecule has 0 fully saturated rings. The summed E-state index contributed by atoms with van der Waals surface area (Å²) in [6.45, 7) is 0.474. The van der Waals surface area contributed by atoms with E-state index in [1.807, 2.05) is 42.5 Å². The molecule has 2 N–H and O–H groups in total. The van der Waals surface area contributed by atoms with Gasteiger partial charge in [-0.25, -0.2) is 0 Å². The number of halogens is 1. The SMILES string of the molecule is Nc1ccc(OCc2sc3ccccc3c2Cl)cc1. The van der Waals surface area contributed by atoms with Crippen LogP contribution in [-0.2, 0) is 6.61 Å². The molecule has 0 radical (unpaired) electrons. The van der Waals surface area contributed by atoms with Crippen molar-refractivity contribution in [3.05, 3.63) is 58.4 Å². The normalized spacial score (nSPS) is 10.8. The number of fused-ring (bicyclic) bond motifs is 1. The van der Waals surface area contributed by atoms with E-state index in [-0.39, 0.29) is 0 Å². The van der Waals surface area contributed by atoms with E-state index in [0.29, 0.717) is 6.61 Å². The number of anilines is 1. The van der Waals surface area contributed by atoms with Crippen LogP contribution in [0.3, 0.4) is 0 Å². The van der Waals surface area contributed by atoms with Gasteiger partial charge in [-0.1, -0.05) is 29.8 Å². The van der Waals surface area contributed by atoms with Crippen LogP contribution in [0.2, 0.25) is 5.02 Å². The smallest absolute Gasteiger partial charge is 0.124 e. The van der Waals surface area contributed by atoms with Gasteiger partial charge in [-0.05, 0) is 30.3 Å². The molecule has 0 saturated heterocycles. The van der Waals surface area contributed by atoms with E-state index < -0.39 is 0 Å². The summed E-state index contributed by atoms with van der Waals surface area (Å²) in [6, 6.07) is 15.5. The monoisotopic (exact) mass is 289 g/mol. The second-order valence-corrected chi connectivity index (χ2v) is 5.71. The third kappa shape index (κ3) is 2.53. The zero-order chi connectivity index (χ0) is 13.2. The van der Waals surface area contributed by atoms with Crippen LogP contribution in [0.4, 0.5) is 5.69 Å². The second kappa shape index (κ2) is 5.11. The molecular weight excluding hydrogens is 278 g/mol. The average Bonchev–Trinajstić information content (AvgIpc) is 2.76. The lowest BCUT2D eigenvalue weighted by atomic mass is 10.2. The van der Waals surface area contributed by atoms with Crippen molar-refractivity contribution < 1.29 is 4.74 Å². The molecule has 96 valence electrons. The van der Waals surface area contributed by atoms with Crippen LogP contribution >= 0.6 is 22.9 Å². The zero-order valence-corrected chi connectivity index (χ0v) is 11.7. The number of nitrogen functional groups attached to an aromatic ring is 1. The highest BCUT2D eigenvalue weighted by Gasteiger charge is 2.10. The molecule has 2 nitrogen and oxygen atoms in total. The van der Waals surface area contributed by atoms with Gasteiger partial charge in [0.25, 0.3) is 0 Å². The number of hydrogen-bond acceptors (Lipinski definition) is 3. The van der Waals surface area contributed by atoms with E-state index in [0.717, 1.165) is 26.7 Å². The minimum atomic E-state index is 0.474. The Hall–Kier alpha value is -1.71. The molecule has 19 heavy (non-hydrogen) atoms. The highest BCUT2D eigenvalue weighted by atomic mass is 35.5. The predicted molar refractivity (Wildman–Crippen MR) is 82.0 cm³/mol. The van der Waals surface area contributed by atoms with Crippen molar-refractivity contribution in [2.45, 2.75) is 6.61 Å². The maximum absolute atomic E-state index is 6.36. The number of thiophene rings is 1. The summed E-state index contributed by atoms with van der Waals surface area (Å²) >= 11 is 8.02. The van der Waals surface area contributed by atoms with Crippen molar-refractivity contribution >= 4 is 38.7 Å². The van der Waals surface area contributed by atoms with Crippen molar-refractivity contribution in [1.82, 2.24) is 0 Å². The summed E-state index contributed by atoms with van der Waals surface area (Å²) in [4.78, 5) is 1.04. The Balaban J connectivity index is 1.82. The van der Waals surface area contributed by atoms with Gasteiger partial charge in [0.2, 0.25) is 0 Å². The minimum Gasteiger partial charge on any atom is -0.488 e. The Bertz CT molecular complexity index is 706. The highest BCUT2D eigenvalue weighted by molar-refractivity contribution is 7.19. The molecule has 0 aliphatic rings. The van der Waals surface area contributed by atoms with Gasteiger partial charge < -0.3 is 10.5 Å². The molecule has 2 aromatic carbocycles. The maximum Gasteiger partial charge on any atom is 0.124 e. The Morgan fingerprint density at radius 2 is 1.79 bits per heavy atom. The topological polar surface area (TPSA) is 35.2 Å². The summed E-state index contributed by atoms with van der Waals surface area (Å²) in [5.74, 6) is 0.794. The van der Waals surface area contributed by atoms with Crippen LogP contribution in [-0.4, -0.2) is 0 Å². The first-order valence-corrected chi connectivity index (χ1v) is 7.08. The quantitative estimate of drug-likeness (QED) is 0.708. The van der Waals surface area contributed by atoms with Crippen LogP contribution in [0.1, 0.15) is 4.88 Å². The molecule has 0 bridgehead atoms. The minimum absolute atomic E-state index is 0.474. The molecule has 3 rings (SSSR count). The van der Waals surface area contributed by atoms with Gasteiger partial charge in [-0.15, -0.1) is 11.3 Å². The first-order chi connectivity index (χ1) is 9.24. The Labute approximate surface area is 120 Å². The van der Waals surface area contributed by atoms with Gasteiger partial charge in [-0.3, -0.25) is 0 Å². The van der Waals surface area contributed by atoms with Crippen molar-refractivity contribution in [1.29, 1.82) is 0 Å². The Morgan fingerprint density at radius 3 is 2.53 bits per heavy atom. The van der Waals surface area contributed by atoms with E-state index in [9.17, 15) is 0 Å². The lowest BCUT2D eigenvalue weighted by Gasteiger charge is -2.05. The van der Waals surface area contributed by atoms with E-state index in [2.05, 4.69) is 6.07 Å². The summed E-state index contributed by atoms with van der Waals surface area (Å²) in [6.07, 6.45) is 0. The molecular formula is C15H12ClNOS. The summed E-state index contributed by atoms with van der Waals surface area (Å²) in [7, 11) is 0. The third-order valence-corrected chi connectivity index (χ3v) is 4.54. The van der Waals surface area contributed by atoms with E-state index in [1.54, 1.807) is 11.3 Å². The molecule has 1 aromatic heterocycles. The standard InChI is InChI=1S/C15H12ClNOS/c16-15-12-3-1-2-4-13(12)19-14(15)9-18-11-7-5-10(17)6-8-11/h1-8H,9,17H2. The fourth-order valence-corrected chi connectivity index (χ4v) is 3.27. The van der Waals surface area contributed by atoms with Crippen LogP contribution in [0.25, 0.3) is 10.1 Å². The van der Waals surface area contributed by atoms with Gasteiger partial charge in [-0.2, -0.15) is 0 Å². The zero-order valence-electron chi connectivity index (χ0n) is 10.1. The molecule has 0 saturated carbocycles. The lowest BCUT2D eigenvalue weighted by Crippen LogP contribution is -1.93. The fourth-order valence-electron chi connectivity index (χ4n) is 1.87. The van der Waals surface area contributed by atoms with Gasteiger partial charge in [0.15, 0.2) is 0 Å². The molecule has 0 atom stereocenters.